The van der Waals surface area contributed by atoms with Crippen molar-refractivity contribution in [2.24, 2.45) is 11.5 Å². The summed E-state index contributed by atoms with van der Waals surface area (Å²) in [5.74, 6) is -1.48. The number of piperazine rings is 1. The van der Waals surface area contributed by atoms with Crippen molar-refractivity contribution in [2.45, 2.75) is 0 Å². The number of nitrogens with one attached hydrogen (secondary N) is 1. The first kappa shape index (κ1) is 20.2. The number of rotatable bonds is 6. The van der Waals surface area contributed by atoms with Gasteiger partial charge in [-0.1, -0.05) is 12.1 Å². The van der Waals surface area contributed by atoms with Crippen LogP contribution in [-0.2, 0) is 4.79 Å². The molecule has 0 saturated carbocycles. The van der Waals surface area contributed by atoms with Crippen LogP contribution in [0.5, 0.6) is 5.75 Å². The minimum Gasteiger partial charge on any atom is -0.506 e. The first-order valence-electron chi connectivity index (χ1n) is 9.13. The highest BCUT2D eigenvalue weighted by atomic mass is 16.3. The van der Waals surface area contributed by atoms with Crippen LogP contribution in [0.2, 0.25) is 0 Å². The summed E-state index contributed by atoms with van der Waals surface area (Å²) in [5.41, 5.74) is 11.8. The van der Waals surface area contributed by atoms with E-state index in [1.54, 1.807) is 12.1 Å². The number of nitrogens with two attached hydrogens (primary N) is 2. The Morgan fingerprint density at radius 3 is 2.07 bits per heavy atom. The molecule has 0 spiro atoms. The van der Waals surface area contributed by atoms with E-state index in [0.29, 0.717) is 26.2 Å². The van der Waals surface area contributed by atoms with E-state index in [-0.39, 0.29) is 35.0 Å². The van der Waals surface area contributed by atoms with Gasteiger partial charge in [-0.25, -0.2) is 0 Å². The molecule has 0 atom stereocenters. The number of anilines is 2. The molecule has 0 aromatic heterocycles. The fraction of sp³-hybridized carbons (Fsp3) is 0.250. The van der Waals surface area contributed by atoms with Crippen LogP contribution in [0.3, 0.4) is 0 Å². The number of nitrogens with zero attached hydrogens (tertiary/aromatic N) is 2. The van der Waals surface area contributed by atoms with Crippen LogP contribution in [0.4, 0.5) is 11.4 Å². The molecule has 2 aromatic carbocycles. The van der Waals surface area contributed by atoms with E-state index >= 15 is 0 Å². The van der Waals surface area contributed by atoms with Crippen molar-refractivity contribution in [2.75, 3.05) is 42.9 Å². The summed E-state index contributed by atoms with van der Waals surface area (Å²) < 4.78 is 0. The highest BCUT2D eigenvalue weighted by Gasteiger charge is 2.21. The summed E-state index contributed by atoms with van der Waals surface area (Å²) >= 11 is 0. The molecule has 152 valence electrons. The van der Waals surface area contributed by atoms with Gasteiger partial charge in [-0.2, -0.15) is 0 Å². The van der Waals surface area contributed by atoms with Gasteiger partial charge in [0.2, 0.25) is 17.7 Å². The second kappa shape index (κ2) is 8.61. The molecule has 1 heterocycles. The Hall–Kier alpha value is -3.59. The molecule has 3 amide bonds. The lowest BCUT2D eigenvalue weighted by Crippen LogP contribution is -2.48. The van der Waals surface area contributed by atoms with Crippen molar-refractivity contribution in [3.8, 4) is 5.75 Å². The van der Waals surface area contributed by atoms with E-state index in [0.717, 1.165) is 5.69 Å². The SMILES string of the molecule is NC(=O)c1cc(NC(=O)CN2CCN(c3ccccc3O)CC2)cc(C(N)=O)c1. The van der Waals surface area contributed by atoms with Gasteiger partial charge < -0.3 is 26.8 Å². The Balaban J connectivity index is 1.59. The normalized spacial score (nSPS) is 14.4. The van der Waals surface area contributed by atoms with Gasteiger partial charge in [0.15, 0.2) is 0 Å². The molecule has 0 aliphatic carbocycles. The second-order valence-electron chi connectivity index (χ2n) is 6.83. The standard InChI is InChI=1S/C20H23N5O4/c21-19(28)13-9-14(20(22)29)11-15(10-13)23-18(27)12-24-5-7-25(8-6-24)16-3-1-2-4-17(16)26/h1-4,9-11,26H,5-8,12H2,(H2,21,28)(H2,22,29)(H,23,27). The van der Waals surface area contributed by atoms with Crippen LogP contribution < -0.4 is 21.7 Å². The molecule has 9 heteroatoms. The Morgan fingerprint density at radius 1 is 0.931 bits per heavy atom. The van der Waals surface area contributed by atoms with Crippen LogP contribution in [0, 0.1) is 0 Å². The van der Waals surface area contributed by atoms with Crippen LogP contribution in [0.25, 0.3) is 0 Å². The van der Waals surface area contributed by atoms with Crippen molar-refractivity contribution in [3.05, 3.63) is 53.6 Å². The van der Waals surface area contributed by atoms with E-state index in [9.17, 15) is 19.5 Å². The topological polar surface area (TPSA) is 142 Å². The molecule has 0 unspecified atom stereocenters. The lowest BCUT2D eigenvalue weighted by atomic mass is 10.1. The van der Waals surface area contributed by atoms with E-state index < -0.39 is 11.8 Å². The van der Waals surface area contributed by atoms with E-state index in [4.69, 9.17) is 11.5 Å². The van der Waals surface area contributed by atoms with Crippen LogP contribution in [-0.4, -0.2) is 60.5 Å². The Bertz CT molecular complexity index is 906. The number of phenolic OH excluding ortho intramolecular Hbond substituents is 1. The summed E-state index contributed by atoms with van der Waals surface area (Å²) in [6, 6.07) is 11.3. The molecule has 1 fully saturated rings. The molecule has 2 aromatic rings. The fourth-order valence-electron chi connectivity index (χ4n) is 3.27. The predicted octanol–water partition coefficient (Wildman–Crippen LogP) is 0.351. The lowest BCUT2D eigenvalue weighted by molar-refractivity contribution is -0.117. The van der Waals surface area contributed by atoms with Crippen LogP contribution >= 0.6 is 0 Å². The fourth-order valence-corrected chi connectivity index (χ4v) is 3.27. The van der Waals surface area contributed by atoms with E-state index in [1.807, 2.05) is 17.0 Å². The third-order valence-corrected chi connectivity index (χ3v) is 4.75. The lowest BCUT2D eigenvalue weighted by Gasteiger charge is -2.35. The molecule has 1 aliphatic heterocycles. The number of aromatic hydroxyl groups is 1. The Kier molecular flexibility index (Phi) is 5.99. The summed E-state index contributed by atoms with van der Waals surface area (Å²) in [5, 5.41) is 12.7. The number of para-hydroxylation sites is 2. The van der Waals surface area contributed by atoms with E-state index in [1.165, 1.54) is 18.2 Å². The highest BCUT2D eigenvalue weighted by Crippen LogP contribution is 2.27. The van der Waals surface area contributed by atoms with Gasteiger partial charge >= 0.3 is 0 Å². The minimum atomic E-state index is -0.719. The molecule has 9 nitrogen and oxygen atoms in total. The number of amides is 3. The number of carbonyl (C=O) groups is 3. The highest BCUT2D eigenvalue weighted by molar-refractivity contribution is 6.01. The summed E-state index contributed by atoms with van der Waals surface area (Å²) in [6.45, 7) is 2.80. The quantitative estimate of drug-likeness (QED) is 0.554. The minimum absolute atomic E-state index is 0.0906. The molecular formula is C20H23N5O4. The number of hydrogen-bond donors (Lipinski definition) is 4. The maximum absolute atomic E-state index is 12.4. The van der Waals surface area contributed by atoms with Crippen LogP contribution in [0.1, 0.15) is 20.7 Å². The third kappa shape index (κ3) is 5.02. The van der Waals surface area contributed by atoms with Crippen molar-refractivity contribution in [3.63, 3.8) is 0 Å². The van der Waals surface area contributed by atoms with E-state index in [2.05, 4.69) is 10.2 Å². The smallest absolute Gasteiger partial charge is 0.248 e. The maximum Gasteiger partial charge on any atom is 0.248 e. The number of carbonyl (C=O) groups excluding carboxylic acids is 3. The van der Waals surface area contributed by atoms with Gasteiger partial charge in [0.25, 0.3) is 0 Å². The molecule has 29 heavy (non-hydrogen) atoms. The Labute approximate surface area is 167 Å². The van der Waals surface area contributed by atoms with Crippen molar-refractivity contribution >= 4 is 29.1 Å². The molecule has 1 aliphatic rings. The second-order valence-corrected chi connectivity index (χ2v) is 6.83. The molecule has 6 N–H and O–H groups in total. The van der Waals surface area contributed by atoms with Gasteiger partial charge in [0.1, 0.15) is 5.75 Å². The van der Waals surface area contributed by atoms with Gasteiger partial charge in [0, 0.05) is 43.0 Å². The van der Waals surface area contributed by atoms with Gasteiger partial charge in [-0.05, 0) is 30.3 Å². The molecule has 0 radical (unpaired) electrons. The number of hydrogen-bond acceptors (Lipinski definition) is 6. The van der Waals surface area contributed by atoms with Crippen molar-refractivity contribution in [1.82, 2.24) is 4.90 Å². The first-order chi connectivity index (χ1) is 13.8. The van der Waals surface area contributed by atoms with Crippen molar-refractivity contribution < 1.29 is 19.5 Å². The number of primary amides is 2. The average Bonchev–Trinajstić information content (AvgIpc) is 2.68. The zero-order valence-electron chi connectivity index (χ0n) is 15.8. The monoisotopic (exact) mass is 397 g/mol. The zero-order chi connectivity index (χ0) is 21.0. The zero-order valence-corrected chi connectivity index (χ0v) is 15.8. The molecule has 0 bridgehead atoms. The first-order valence-corrected chi connectivity index (χ1v) is 9.13. The number of benzene rings is 2. The Morgan fingerprint density at radius 2 is 1.52 bits per heavy atom. The largest absolute Gasteiger partial charge is 0.506 e. The summed E-state index contributed by atoms with van der Waals surface area (Å²) in [4.78, 5) is 39.3. The van der Waals surface area contributed by atoms with Gasteiger partial charge in [-0.15, -0.1) is 0 Å². The average molecular weight is 397 g/mol. The van der Waals surface area contributed by atoms with Gasteiger partial charge in [-0.3, -0.25) is 19.3 Å². The summed E-state index contributed by atoms with van der Waals surface area (Å²) in [6.07, 6.45) is 0. The van der Waals surface area contributed by atoms with Crippen molar-refractivity contribution in [1.29, 1.82) is 0 Å². The van der Waals surface area contributed by atoms with Crippen LogP contribution in [0.15, 0.2) is 42.5 Å². The third-order valence-electron chi connectivity index (χ3n) is 4.75. The molecule has 3 rings (SSSR count). The maximum atomic E-state index is 12.4. The molecule has 1 saturated heterocycles. The van der Waals surface area contributed by atoms with Gasteiger partial charge in [0.05, 0.1) is 12.2 Å². The molecular weight excluding hydrogens is 374 g/mol. The predicted molar refractivity (Wildman–Crippen MR) is 109 cm³/mol. The summed E-state index contributed by atoms with van der Waals surface area (Å²) in [7, 11) is 0. The number of phenols is 1.